The van der Waals surface area contributed by atoms with Gasteiger partial charge in [-0.3, -0.25) is 4.57 Å². The van der Waals surface area contributed by atoms with Crippen molar-refractivity contribution in [3.8, 4) is 34.2 Å². The van der Waals surface area contributed by atoms with Crippen molar-refractivity contribution < 1.29 is 5.11 Å². The Hall–Kier alpha value is -3.91. The number of hydrogen-bond acceptors (Lipinski definition) is 3. The lowest BCUT2D eigenvalue weighted by Gasteiger charge is -2.20. The molecule has 0 aliphatic heterocycles. The van der Waals surface area contributed by atoms with Crippen molar-refractivity contribution in [3.05, 3.63) is 89.8 Å². The Balaban J connectivity index is 1.92. The first-order valence-corrected chi connectivity index (χ1v) is 9.69. The molecule has 0 spiro atoms. The topological polar surface area (TPSA) is 58.1 Å². The van der Waals surface area contributed by atoms with Gasteiger partial charge in [0.15, 0.2) is 17.3 Å². The van der Waals surface area contributed by atoms with Gasteiger partial charge in [-0.05, 0) is 23.1 Å². The van der Waals surface area contributed by atoms with Gasteiger partial charge < -0.3 is 5.11 Å². The molecule has 5 heteroatoms. The standard InChI is InChI=1S/C25H22N4O/c1-25(2,3)18-11-15-20(16-12-18)29-23(17-9-13-19(26-4)14-10-17)27-28-24(29)21-7-5-6-8-22(21)30/h5-16,30H,1-3H3/p-1. The Morgan fingerprint density at radius 2 is 1.47 bits per heavy atom. The second kappa shape index (κ2) is 7.49. The number of hydrogen-bond donors (Lipinski definition) is 0. The normalized spacial score (nSPS) is 11.3. The van der Waals surface area contributed by atoms with Gasteiger partial charge in [0.25, 0.3) is 0 Å². The number of aromatic nitrogens is 3. The second-order valence-corrected chi connectivity index (χ2v) is 8.13. The van der Waals surface area contributed by atoms with Crippen LogP contribution in [0.2, 0.25) is 0 Å². The smallest absolute Gasteiger partial charge is 0.187 e. The van der Waals surface area contributed by atoms with Gasteiger partial charge in [0, 0.05) is 16.8 Å². The molecule has 0 unspecified atom stereocenters. The number of benzene rings is 3. The van der Waals surface area contributed by atoms with Crippen molar-refractivity contribution in [1.29, 1.82) is 0 Å². The Labute approximate surface area is 176 Å². The molecule has 148 valence electrons. The number of rotatable bonds is 3. The third-order valence-corrected chi connectivity index (χ3v) is 5.04. The highest BCUT2D eigenvalue weighted by Gasteiger charge is 2.19. The minimum Gasteiger partial charge on any atom is -0.872 e. The lowest BCUT2D eigenvalue weighted by molar-refractivity contribution is -0.267. The zero-order valence-corrected chi connectivity index (χ0v) is 17.1. The van der Waals surface area contributed by atoms with E-state index >= 15 is 0 Å². The van der Waals surface area contributed by atoms with Gasteiger partial charge in [-0.15, -0.1) is 10.2 Å². The summed E-state index contributed by atoms with van der Waals surface area (Å²) >= 11 is 0. The largest absolute Gasteiger partial charge is 0.872 e. The lowest BCUT2D eigenvalue weighted by atomic mass is 9.87. The van der Waals surface area contributed by atoms with Crippen LogP contribution in [0.3, 0.4) is 0 Å². The van der Waals surface area contributed by atoms with Crippen LogP contribution in [-0.2, 0) is 5.41 Å². The van der Waals surface area contributed by atoms with Crippen molar-refractivity contribution in [2.24, 2.45) is 0 Å². The van der Waals surface area contributed by atoms with E-state index < -0.39 is 0 Å². The zero-order valence-electron chi connectivity index (χ0n) is 17.1. The first kappa shape index (κ1) is 19.4. The summed E-state index contributed by atoms with van der Waals surface area (Å²) in [5.74, 6) is 1.01. The minimum absolute atomic E-state index is 0.0363. The summed E-state index contributed by atoms with van der Waals surface area (Å²) in [7, 11) is 0. The molecule has 0 saturated carbocycles. The van der Waals surface area contributed by atoms with Crippen LogP contribution >= 0.6 is 0 Å². The summed E-state index contributed by atoms with van der Waals surface area (Å²) in [4.78, 5) is 3.45. The van der Waals surface area contributed by atoms with Crippen LogP contribution in [0.5, 0.6) is 5.75 Å². The van der Waals surface area contributed by atoms with Crippen molar-refractivity contribution in [3.63, 3.8) is 0 Å². The Morgan fingerprint density at radius 3 is 2.07 bits per heavy atom. The molecule has 0 radical (unpaired) electrons. The molecule has 0 atom stereocenters. The molecule has 0 aliphatic carbocycles. The fraction of sp³-hybridized carbons (Fsp3) is 0.160. The van der Waals surface area contributed by atoms with E-state index in [0.717, 1.165) is 11.3 Å². The van der Waals surface area contributed by atoms with Gasteiger partial charge in [-0.2, -0.15) is 0 Å². The Kier molecular flexibility index (Phi) is 4.85. The van der Waals surface area contributed by atoms with Crippen molar-refractivity contribution in [2.75, 3.05) is 0 Å². The van der Waals surface area contributed by atoms with Gasteiger partial charge in [-0.25, -0.2) is 4.85 Å². The van der Waals surface area contributed by atoms with Crippen LogP contribution < -0.4 is 5.11 Å². The average Bonchev–Trinajstić information content (AvgIpc) is 3.18. The molecular formula is C25H21N4O-. The minimum atomic E-state index is -0.104. The highest BCUT2D eigenvalue weighted by molar-refractivity contribution is 5.71. The summed E-state index contributed by atoms with van der Waals surface area (Å²) in [6.45, 7) is 13.7. The molecule has 0 saturated heterocycles. The molecule has 5 nitrogen and oxygen atoms in total. The summed E-state index contributed by atoms with van der Waals surface area (Å²) in [6.07, 6.45) is 0. The number of para-hydroxylation sites is 1. The fourth-order valence-electron chi connectivity index (χ4n) is 3.34. The quantitative estimate of drug-likeness (QED) is 0.430. The summed E-state index contributed by atoms with van der Waals surface area (Å²) in [6, 6.07) is 22.3. The van der Waals surface area contributed by atoms with E-state index in [2.05, 4.69) is 47.9 Å². The number of nitrogens with zero attached hydrogens (tertiary/aromatic N) is 4. The van der Waals surface area contributed by atoms with E-state index in [1.807, 2.05) is 34.9 Å². The van der Waals surface area contributed by atoms with Gasteiger partial charge in [0.05, 0.1) is 6.57 Å². The molecule has 0 bridgehead atoms. The van der Waals surface area contributed by atoms with Crippen molar-refractivity contribution in [2.45, 2.75) is 26.2 Å². The van der Waals surface area contributed by atoms with Gasteiger partial charge in [-0.1, -0.05) is 87.2 Å². The van der Waals surface area contributed by atoms with Crippen molar-refractivity contribution >= 4 is 5.69 Å². The maximum atomic E-state index is 12.5. The third-order valence-electron chi connectivity index (χ3n) is 5.04. The highest BCUT2D eigenvalue weighted by Crippen LogP contribution is 2.33. The zero-order chi connectivity index (χ0) is 21.3. The summed E-state index contributed by atoms with van der Waals surface area (Å²) < 4.78 is 1.90. The Bertz CT molecular complexity index is 1220. The molecule has 30 heavy (non-hydrogen) atoms. The van der Waals surface area contributed by atoms with E-state index in [4.69, 9.17) is 6.57 Å². The first-order valence-electron chi connectivity index (χ1n) is 9.69. The van der Waals surface area contributed by atoms with Crippen LogP contribution in [0.4, 0.5) is 5.69 Å². The molecule has 0 N–H and O–H groups in total. The maximum absolute atomic E-state index is 12.5. The third kappa shape index (κ3) is 3.56. The van der Waals surface area contributed by atoms with E-state index in [9.17, 15) is 5.11 Å². The molecule has 0 amide bonds. The Morgan fingerprint density at radius 1 is 0.833 bits per heavy atom. The van der Waals surface area contributed by atoms with Crippen LogP contribution in [-0.4, -0.2) is 14.8 Å². The summed E-state index contributed by atoms with van der Waals surface area (Å²) in [5.41, 5.74) is 4.00. The lowest BCUT2D eigenvalue weighted by Crippen LogP contribution is -2.11. The van der Waals surface area contributed by atoms with Gasteiger partial charge >= 0.3 is 0 Å². The molecule has 4 aromatic rings. The molecule has 1 heterocycles. The fourth-order valence-corrected chi connectivity index (χ4v) is 3.34. The van der Waals surface area contributed by atoms with E-state index in [-0.39, 0.29) is 11.2 Å². The van der Waals surface area contributed by atoms with Crippen molar-refractivity contribution in [1.82, 2.24) is 14.8 Å². The SMILES string of the molecule is [C-]#[N+]c1ccc(-c2nnc(-c3ccccc3[O-])n2-c2ccc(C(C)(C)C)cc2)cc1. The van der Waals surface area contributed by atoms with E-state index in [1.54, 1.807) is 24.3 Å². The summed E-state index contributed by atoms with van der Waals surface area (Å²) in [5, 5.41) is 21.3. The van der Waals surface area contributed by atoms with E-state index in [0.29, 0.717) is 22.9 Å². The van der Waals surface area contributed by atoms with Crippen LogP contribution in [0.1, 0.15) is 26.3 Å². The predicted molar refractivity (Wildman–Crippen MR) is 117 cm³/mol. The van der Waals surface area contributed by atoms with Gasteiger partial charge in [0.1, 0.15) is 0 Å². The average molecular weight is 393 g/mol. The molecule has 4 rings (SSSR count). The highest BCUT2D eigenvalue weighted by atomic mass is 16.3. The molecule has 1 aromatic heterocycles. The van der Waals surface area contributed by atoms with Gasteiger partial charge in [0.2, 0.25) is 0 Å². The second-order valence-electron chi connectivity index (χ2n) is 8.13. The van der Waals surface area contributed by atoms with Crippen LogP contribution in [0.25, 0.3) is 33.3 Å². The molecule has 0 aliphatic rings. The van der Waals surface area contributed by atoms with Crippen LogP contribution in [0.15, 0.2) is 72.8 Å². The first-order chi connectivity index (χ1) is 14.4. The monoisotopic (exact) mass is 393 g/mol. The van der Waals surface area contributed by atoms with E-state index in [1.165, 1.54) is 11.6 Å². The molecular weight excluding hydrogens is 372 g/mol. The maximum Gasteiger partial charge on any atom is 0.187 e. The van der Waals surface area contributed by atoms with Crippen LogP contribution in [0, 0.1) is 6.57 Å². The molecule has 0 fully saturated rings. The molecule has 3 aromatic carbocycles. The predicted octanol–water partition coefficient (Wildman–Crippen LogP) is 5.52.